The Labute approximate surface area is 238 Å². The summed E-state index contributed by atoms with van der Waals surface area (Å²) in [6.45, 7) is 1.44. The van der Waals surface area contributed by atoms with Gasteiger partial charge in [-0.05, 0) is 52.3 Å². The Kier molecular flexibility index (Phi) is 11.9. The number of hydrogen-bond donors (Lipinski definition) is 0. The highest BCUT2D eigenvalue weighted by molar-refractivity contribution is 5.81. The maximum atomic E-state index is 11.6. The van der Waals surface area contributed by atoms with E-state index in [-0.39, 0.29) is 0 Å². The minimum Gasteiger partial charge on any atom is -0.379 e. The molecule has 1 unspecified atom stereocenters. The van der Waals surface area contributed by atoms with Crippen molar-refractivity contribution >= 4 is 17.4 Å². The minimum atomic E-state index is -0.616. The molecular formula is C37H36O3. The number of allylic oxidation sites excluding steroid dienone is 3. The molecule has 4 rings (SSSR count). The van der Waals surface area contributed by atoms with Crippen LogP contribution in [0, 0.1) is 0 Å². The first-order chi connectivity index (χ1) is 19.8. The van der Waals surface area contributed by atoms with Gasteiger partial charge in [-0.15, -0.1) is 0 Å². The summed E-state index contributed by atoms with van der Waals surface area (Å²) in [7, 11) is 0. The van der Waals surface area contributed by atoms with Crippen molar-refractivity contribution in [2.24, 2.45) is 0 Å². The molecule has 0 heterocycles. The molecule has 0 amide bonds. The van der Waals surface area contributed by atoms with E-state index < -0.39 is 6.10 Å². The van der Waals surface area contributed by atoms with Crippen molar-refractivity contribution < 1.29 is 14.3 Å². The van der Waals surface area contributed by atoms with Crippen molar-refractivity contribution in [2.45, 2.75) is 18.9 Å². The molecule has 0 aromatic heterocycles. The molecule has 4 aromatic rings. The fraction of sp³-hybridized carbons (Fsp3) is 0.162. The van der Waals surface area contributed by atoms with Crippen LogP contribution in [0.4, 0.5) is 0 Å². The number of hydrogen-bond acceptors (Lipinski definition) is 3. The molecular weight excluding hydrogens is 492 g/mol. The lowest BCUT2D eigenvalue weighted by molar-refractivity contribution is -0.116. The molecule has 4 aromatic carbocycles. The van der Waals surface area contributed by atoms with E-state index in [1.807, 2.05) is 60.7 Å². The smallest absolute Gasteiger partial charge is 0.152 e. The summed E-state index contributed by atoms with van der Waals surface area (Å²) < 4.78 is 11.5. The zero-order valence-electron chi connectivity index (χ0n) is 22.8. The molecule has 1 atom stereocenters. The molecule has 3 nitrogen and oxygen atoms in total. The Balaban J connectivity index is 1.23. The highest BCUT2D eigenvalue weighted by Crippen LogP contribution is 2.24. The van der Waals surface area contributed by atoms with E-state index in [9.17, 15) is 4.79 Å². The molecule has 0 radical (unpaired) electrons. The number of carbonyl (C=O) groups is 1. The Morgan fingerprint density at radius 1 is 0.600 bits per heavy atom. The zero-order chi connectivity index (χ0) is 27.7. The largest absolute Gasteiger partial charge is 0.379 e. The molecule has 0 spiro atoms. The first kappa shape index (κ1) is 28.7. The van der Waals surface area contributed by atoms with Crippen molar-refractivity contribution in [3.63, 3.8) is 0 Å². The van der Waals surface area contributed by atoms with Gasteiger partial charge in [0.05, 0.1) is 13.2 Å². The van der Waals surface area contributed by atoms with Gasteiger partial charge < -0.3 is 14.3 Å². The summed E-state index contributed by atoms with van der Waals surface area (Å²) >= 11 is 0. The van der Waals surface area contributed by atoms with Gasteiger partial charge in [-0.25, -0.2) is 0 Å². The van der Waals surface area contributed by atoms with Crippen LogP contribution in [-0.2, 0) is 14.3 Å². The van der Waals surface area contributed by atoms with E-state index in [2.05, 4.69) is 78.9 Å². The summed E-state index contributed by atoms with van der Waals surface area (Å²) in [6, 6.07) is 41.3. The number of rotatable bonds is 15. The molecule has 0 aliphatic carbocycles. The summed E-state index contributed by atoms with van der Waals surface area (Å²) in [5.74, 6) is 0. The van der Waals surface area contributed by atoms with Crippen molar-refractivity contribution in [1.82, 2.24) is 0 Å². The van der Waals surface area contributed by atoms with Gasteiger partial charge in [0.1, 0.15) is 6.10 Å². The average Bonchev–Trinajstić information content (AvgIpc) is 3.03. The van der Waals surface area contributed by atoms with E-state index in [0.717, 1.165) is 35.8 Å². The highest BCUT2D eigenvalue weighted by atomic mass is 16.5. The Morgan fingerprint density at radius 3 is 1.55 bits per heavy atom. The lowest BCUT2D eigenvalue weighted by atomic mass is 9.97. The normalized spacial score (nSPS) is 11.6. The van der Waals surface area contributed by atoms with Gasteiger partial charge in [0.2, 0.25) is 0 Å². The van der Waals surface area contributed by atoms with E-state index >= 15 is 0 Å². The maximum absolute atomic E-state index is 11.6. The second-order valence-electron chi connectivity index (χ2n) is 9.27. The van der Waals surface area contributed by atoms with Gasteiger partial charge in [-0.2, -0.15) is 0 Å². The van der Waals surface area contributed by atoms with Gasteiger partial charge >= 0.3 is 0 Å². The molecule has 202 valence electrons. The quantitative estimate of drug-likeness (QED) is 0.0886. The standard InChI is InChI=1S/C37H36O3/c38-30-35(24-15-26-37(33-20-9-3-10-21-33)34-22-11-4-12-23-34)40-29-28-39-27-14-13-25-36(31-16-5-1-6-17-31)32-18-7-2-8-19-32/h1-12,15-26,30,35H,13-14,27-29H2/b24-15-. The van der Waals surface area contributed by atoms with Crippen LogP contribution in [0.25, 0.3) is 11.1 Å². The van der Waals surface area contributed by atoms with Crippen LogP contribution in [0.2, 0.25) is 0 Å². The predicted molar refractivity (Wildman–Crippen MR) is 165 cm³/mol. The average molecular weight is 529 g/mol. The molecule has 3 heteroatoms. The third-order valence-electron chi connectivity index (χ3n) is 6.42. The van der Waals surface area contributed by atoms with Crippen LogP contribution < -0.4 is 0 Å². The topological polar surface area (TPSA) is 35.5 Å². The Bertz CT molecular complexity index is 1280. The van der Waals surface area contributed by atoms with Gasteiger partial charge in [0.15, 0.2) is 6.29 Å². The lowest BCUT2D eigenvalue weighted by Crippen LogP contribution is -2.15. The van der Waals surface area contributed by atoms with Gasteiger partial charge in [0.25, 0.3) is 0 Å². The predicted octanol–water partition coefficient (Wildman–Crippen LogP) is 8.19. The summed E-state index contributed by atoms with van der Waals surface area (Å²) in [5.41, 5.74) is 6.98. The van der Waals surface area contributed by atoms with Crippen LogP contribution >= 0.6 is 0 Å². The summed E-state index contributed by atoms with van der Waals surface area (Å²) in [6.07, 6.45) is 9.99. The monoisotopic (exact) mass is 528 g/mol. The molecule has 40 heavy (non-hydrogen) atoms. The van der Waals surface area contributed by atoms with Crippen LogP contribution in [0.3, 0.4) is 0 Å². The number of carbonyl (C=O) groups excluding carboxylic acids is 1. The fourth-order valence-electron chi connectivity index (χ4n) is 4.41. The van der Waals surface area contributed by atoms with Gasteiger partial charge in [-0.3, -0.25) is 0 Å². The van der Waals surface area contributed by atoms with Crippen molar-refractivity contribution in [3.8, 4) is 0 Å². The minimum absolute atomic E-state index is 0.358. The highest BCUT2D eigenvalue weighted by Gasteiger charge is 2.06. The fourth-order valence-corrected chi connectivity index (χ4v) is 4.41. The number of aldehydes is 1. The number of ether oxygens (including phenoxy) is 2. The summed E-state index contributed by atoms with van der Waals surface area (Å²) in [5, 5.41) is 0. The first-order valence-electron chi connectivity index (χ1n) is 13.8. The number of unbranched alkanes of at least 4 members (excludes halogenated alkanes) is 1. The van der Waals surface area contributed by atoms with Crippen molar-refractivity contribution in [1.29, 1.82) is 0 Å². The lowest BCUT2D eigenvalue weighted by Gasteiger charge is -2.10. The first-order valence-corrected chi connectivity index (χ1v) is 13.8. The molecule has 0 saturated heterocycles. The Morgan fingerprint density at radius 2 is 1.07 bits per heavy atom. The third-order valence-corrected chi connectivity index (χ3v) is 6.42. The maximum Gasteiger partial charge on any atom is 0.152 e. The van der Waals surface area contributed by atoms with E-state index in [1.165, 1.54) is 16.7 Å². The molecule has 0 aliphatic rings. The van der Waals surface area contributed by atoms with Crippen LogP contribution in [0.15, 0.2) is 146 Å². The van der Waals surface area contributed by atoms with Crippen LogP contribution in [0.5, 0.6) is 0 Å². The third kappa shape index (κ3) is 9.16. The van der Waals surface area contributed by atoms with Gasteiger partial charge in [0, 0.05) is 6.61 Å². The van der Waals surface area contributed by atoms with Crippen molar-refractivity contribution in [2.75, 3.05) is 19.8 Å². The van der Waals surface area contributed by atoms with Crippen molar-refractivity contribution in [3.05, 3.63) is 168 Å². The van der Waals surface area contributed by atoms with Crippen LogP contribution in [-0.4, -0.2) is 32.2 Å². The van der Waals surface area contributed by atoms with Crippen LogP contribution in [0.1, 0.15) is 35.1 Å². The van der Waals surface area contributed by atoms with E-state index in [4.69, 9.17) is 9.47 Å². The van der Waals surface area contributed by atoms with Gasteiger partial charge in [-0.1, -0.05) is 140 Å². The summed E-state index contributed by atoms with van der Waals surface area (Å²) in [4.78, 5) is 11.6. The molecule has 0 saturated carbocycles. The molecule has 0 bridgehead atoms. The molecule has 0 N–H and O–H groups in total. The molecule has 0 fully saturated rings. The second-order valence-corrected chi connectivity index (χ2v) is 9.27. The number of benzene rings is 4. The molecule has 0 aliphatic heterocycles. The Hall–Kier alpha value is -4.31. The second kappa shape index (κ2) is 16.6. The SMILES string of the molecule is O=CC(/C=C\C=C(c1ccccc1)c1ccccc1)OCCOCCCC=C(c1ccccc1)c1ccccc1. The zero-order valence-corrected chi connectivity index (χ0v) is 22.8. The van der Waals surface area contributed by atoms with E-state index in [0.29, 0.717) is 19.8 Å². The van der Waals surface area contributed by atoms with E-state index in [1.54, 1.807) is 6.08 Å².